The van der Waals surface area contributed by atoms with Gasteiger partial charge < -0.3 is 19.9 Å². The minimum Gasteiger partial charge on any atom is -0.389 e. The lowest BCUT2D eigenvalue weighted by molar-refractivity contribution is 0.0103. The van der Waals surface area contributed by atoms with Crippen LogP contribution in [0.5, 0.6) is 0 Å². The van der Waals surface area contributed by atoms with Crippen LogP contribution in [-0.2, 0) is 9.47 Å². The van der Waals surface area contributed by atoms with Crippen LogP contribution in [0.25, 0.3) is 0 Å². The van der Waals surface area contributed by atoms with Crippen LogP contribution in [0.4, 0.5) is 5.69 Å². The van der Waals surface area contributed by atoms with E-state index in [1.54, 1.807) is 0 Å². The molecule has 0 heterocycles. The van der Waals surface area contributed by atoms with Crippen molar-refractivity contribution in [1.82, 2.24) is 0 Å². The molecule has 4 nitrogen and oxygen atoms in total. The lowest BCUT2D eigenvalue weighted by Crippen LogP contribution is -2.25. The van der Waals surface area contributed by atoms with Crippen molar-refractivity contribution < 1.29 is 14.6 Å². The fourth-order valence-corrected chi connectivity index (χ4v) is 1.85. The first-order valence-corrected chi connectivity index (χ1v) is 6.77. The van der Waals surface area contributed by atoms with Gasteiger partial charge in [-0.2, -0.15) is 0 Å². The van der Waals surface area contributed by atoms with Crippen molar-refractivity contribution in [1.29, 1.82) is 0 Å². The van der Waals surface area contributed by atoms with Crippen LogP contribution >= 0.6 is 0 Å². The summed E-state index contributed by atoms with van der Waals surface area (Å²) in [4.78, 5) is 0. The summed E-state index contributed by atoms with van der Waals surface area (Å²) in [6.45, 7) is 8.67. The van der Waals surface area contributed by atoms with E-state index in [0.717, 1.165) is 5.69 Å². The van der Waals surface area contributed by atoms with Crippen molar-refractivity contribution in [2.24, 2.45) is 0 Å². The molecule has 1 aromatic carbocycles. The highest BCUT2D eigenvalue weighted by Gasteiger charge is 2.04. The van der Waals surface area contributed by atoms with E-state index in [1.165, 1.54) is 11.1 Å². The number of anilines is 1. The number of rotatable bonds is 9. The molecule has 1 atom stereocenters. The van der Waals surface area contributed by atoms with Crippen molar-refractivity contribution in [3.8, 4) is 0 Å². The first-order chi connectivity index (χ1) is 9.11. The number of benzene rings is 1. The van der Waals surface area contributed by atoms with E-state index >= 15 is 0 Å². The molecule has 0 fully saturated rings. The first kappa shape index (κ1) is 16.0. The van der Waals surface area contributed by atoms with E-state index in [1.807, 2.05) is 6.92 Å². The van der Waals surface area contributed by atoms with Crippen LogP contribution in [0.2, 0.25) is 0 Å². The highest BCUT2D eigenvalue weighted by molar-refractivity contribution is 5.48. The average molecular weight is 267 g/mol. The van der Waals surface area contributed by atoms with Gasteiger partial charge in [0.05, 0.1) is 25.9 Å². The van der Waals surface area contributed by atoms with Crippen molar-refractivity contribution in [2.75, 3.05) is 38.3 Å². The number of aliphatic hydroxyl groups excluding tert-OH is 1. The van der Waals surface area contributed by atoms with Gasteiger partial charge in [-0.3, -0.25) is 0 Å². The Balaban J connectivity index is 2.20. The van der Waals surface area contributed by atoms with Crippen LogP contribution < -0.4 is 5.32 Å². The number of hydrogen-bond donors (Lipinski definition) is 2. The molecular formula is C15H25NO3. The number of hydrogen-bond acceptors (Lipinski definition) is 4. The summed E-state index contributed by atoms with van der Waals surface area (Å²) in [7, 11) is 0. The maximum Gasteiger partial charge on any atom is 0.0945 e. The number of aliphatic hydroxyl groups is 1. The van der Waals surface area contributed by atoms with E-state index in [0.29, 0.717) is 33.0 Å². The van der Waals surface area contributed by atoms with Gasteiger partial charge in [0.15, 0.2) is 0 Å². The van der Waals surface area contributed by atoms with Gasteiger partial charge in [-0.05, 0) is 44.0 Å². The summed E-state index contributed by atoms with van der Waals surface area (Å²) >= 11 is 0. The summed E-state index contributed by atoms with van der Waals surface area (Å²) in [6.07, 6.45) is -0.512. The van der Waals surface area contributed by atoms with Crippen LogP contribution in [0.15, 0.2) is 18.2 Å². The van der Waals surface area contributed by atoms with Crippen molar-refractivity contribution in [2.45, 2.75) is 26.9 Å². The average Bonchev–Trinajstić information content (AvgIpc) is 2.35. The molecule has 4 heteroatoms. The summed E-state index contributed by atoms with van der Waals surface area (Å²) in [5.41, 5.74) is 3.46. The second-order valence-corrected chi connectivity index (χ2v) is 4.68. The molecule has 0 aliphatic rings. The van der Waals surface area contributed by atoms with Gasteiger partial charge in [0.2, 0.25) is 0 Å². The number of nitrogens with one attached hydrogen (secondary N) is 1. The van der Waals surface area contributed by atoms with Gasteiger partial charge >= 0.3 is 0 Å². The normalized spacial score (nSPS) is 12.4. The van der Waals surface area contributed by atoms with E-state index in [4.69, 9.17) is 9.47 Å². The SMILES string of the molecule is CCOCCOCC(O)CNc1cc(C)cc(C)c1. The molecular weight excluding hydrogens is 242 g/mol. The topological polar surface area (TPSA) is 50.7 Å². The highest BCUT2D eigenvalue weighted by Crippen LogP contribution is 2.13. The molecule has 19 heavy (non-hydrogen) atoms. The largest absolute Gasteiger partial charge is 0.389 e. The molecule has 0 aromatic heterocycles. The Hall–Kier alpha value is -1.10. The smallest absolute Gasteiger partial charge is 0.0945 e. The fraction of sp³-hybridized carbons (Fsp3) is 0.600. The first-order valence-electron chi connectivity index (χ1n) is 6.77. The van der Waals surface area contributed by atoms with Crippen LogP contribution in [0.1, 0.15) is 18.1 Å². The van der Waals surface area contributed by atoms with E-state index < -0.39 is 6.10 Å². The number of aryl methyl sites for hydroxylation is 2. The monoisotopic (exact) mass is 267 g/mol. The molecule has 0 aliphatic carbocycles. The third kappa shape index (κ3) is 7.15. The number of ether oxygens (including phenoxy) is 2. The Kier molecular flexibility index (Phi) is 7.48. The molecule has 0 aliphatic heterocycles. The van der Waals surface area contributed by atoms with Gasteiger partial charge in [-0.1, -0.05) is 6.07 Å². The molecule has 0 radical (unpaired) electrons. The maximum absolute atomic E-state index is 9.78. The highest BCUT2D eigenvalue weighted by atomic mass is 16.5. The molecule has 0 amide bonds. The molecule has 2 N–H and O–H groups in total. The summed E-state index contributed by atoms with van der Waals surface area (Å²) in [5.74, 6) is 0. The molecule has 1 aromatic rings. The second-order valence-electron chi connectivity index (χ2n) is 4.68. The standard InChI is InChI=1S/C15H25NO3/c1-4-18-5-6-19-11-15(17)10-16-14-8-12(2)7-13(3)9-14/h7-9,15-17H,4-6,10-11H2,1-3H3. The zero-order valence-corrected chi connectivity index (χ0v) is 12.1. The molecule has 1 unspecified atom stereocenters. The van der Waals surface area contributed by atoms with Gasteiger partial charge in [0.25, 0.3) is 0 Å². The zero-order valence-electron chi connectivity index (χ0n) is 12.1. The lowest BCUT2D eigenvalue weighted by Gasteiger charge is -2.14. The van der Waals surface area contributed by atoms with Gasteiger partial charge in [-0.25, -0.2) is 0 Å². The van der Waals surface area contributed by atoms with Crippen LogP contribution in [-0.4, -0.2) is 44.2 Å². The quantitative estimate of drug-likeness (QED) is 0.673. The predicted octanol–water partition coefficient (Wildman–Crippen LogP) is 2.13. The van der Waals surface area contributed by atoms with Crippen molar-refractivity contribution in [3.05, 3.63) is 29.3 Å². The van der Waals surface area contributed by atoms with E-state index in [-0.39, 0.29) is 0 Å². The predicted molar refractivity (Wildman–Crippen MR) is 77.7 cm³/mol. The van der Waals surface area contributed by atoms with Gasteiger partial charge in [0.1, 0.15) is 0 Å². The van der Waals surface area contributed by atoms with Crippen LogP contribution in [0.3, 0.4) is 0 Å². The third-order valence-electron chi connectivity index (χ3n) is 2.65. The van der Waals surface area contributed by atoms with Crippen molar-refractivity contribution >= 4 is 5.69 Å². The molecule has 0 saturated carbocycles. The molecule has 1 rings (SSSR count). The Morgan fingerprint density at radius 1 is 1.11 bits per heavy atom. The molecule has 0 saturated heterocycles. The lowest BCUT2D eigenvalue weighted by atomic mass is 10.1. The minimum atomic E-state index is -0.512. The third-order valence-corrected chi connectivity index (χ3v) is 2.65. The van der Waals surface area contributed by atoms with E-state index in [9.17, 15) is 5.11 Å². The zero-order chi connectivity index (χ0) is 14.1. The molecule has 108 valence electrons. The van der Waals surface area contributed by atoms with E-state index in [2.05, 4.69) is 37.4 Å². The van der Waals surface area contributed by atoms with Gasteiger partial charge in [-0.15, -0.1) is 0 Å². The summed E-state index contributed by atoms with van der Waals surface area (Å²) in [5, 5.41) is 13.0. The Bertz CT molecular complexity index is 348. The fourth-order valence-electron chi connectivity index (χ4n) is 1.85. The Morgan fingerprint density at radius 3 is 2.37 bits per heavy atom. The Morgan fingerprint density at radius 2 is 1.74 bits per heavy atom. The van der Waals surface area contributed by atoms with Gasteiger partial charge in [0, 0.05) is 18.8 Å². The maximum atomic E-state index is 9.78. The molecule has 0 spiro atoms. The molecule has 0 bridgehead atoms. The minimum absolute atomic E-state index is 0.324. The Labute approximate surface area is 115 Å². The summed E-state index contributed by atoms with van der Waals surface area (Å²) < 4.78 is 10.5. The van der Waals surface area contributed by atoms with Crippen molar-refractivity contribution in [3.63, 3.8) is 0 Å². The summed E-state index contributed by atoms with van der Waals surface area (Å²) in [6, 6.07) is 6.25. The van der Waals surface area contributed by atoms with Crippen LogP contribution in [0, 0.1) is 13.8 Å². The second kappa shape index (κ2) is 8.91.